The van der Waals surface area contributed by atoms with E-state index in [-0.39, 0.29) is 0 Å². The number of hydrogen-bond donors (Lipinski definition) is 2. The van der Waals surface area contributed by atoms with Crippen molar-refractivity contribution in [3.8, 4) is 0 Å². The van der Waals surface area contributed by atoms with Gasteiger partial charge in [-0.25, -0.2) is 0 Å². The highest BCUT2D eigenvalue weighted by Gasteiger charge is 2.14. The van der Waals surface area contributed by atoms with Gasteiger partial charge in [0.25, 0.3) is 0 Å². The maximum atomic E-state index is 5.39. The predicted molar refractivity (Wildman–Crippen MR) is 105 cm³/mol. The smallest absolute Gasteiger partial charge is 0.191 e. The Morgan fingerprint density at radius 2 is 1.72 bits per heavy atom. The molecule has 146 valence electrons. The molecule has 0 aromatic heterocycles. The lowest BCUT2D eigenvalue weighted by atomic mass is 9.99. The van der Waals surface area contributed by atoms with Crippen LogP contribution >= 0.6 is 0 Å². The van der Waals surface area contributed by atoms with Crippen molar-refractivity contribution in [2.75, 3.05) is 72.1 Å². The van der Waals surface area contributed by atoms with Crippen molar-refractivity contribution in [1.82, 2.24) is 20.4 Å². The largest absolute Gasteiger partial charge is 0.379 e. The Bertz CT molecular complexity index is 363. The van der Waals surface area contributed by atoms with Crippen molar-refractivity contribution >= 4 is 5.96 Å². The highest BCUT2D eigenvalue weighted by molar-refractivity contribution is 5.79. The summed E-state index contributed by atoms with van der Waals surface area (Å²) in [7, 11) is 0. The van der Waals surface area contributed by atoms with E-state index in [1.165, 1.54) is 45.3 Å². The number of nitrogens with one attached hydrogen (secondary N) is 2. The van der Waals surface area contributed by atoms with Crippen molar-refractivity contribution in [3.05, 3.63) is 0 Å². The number of aliphatic imine (C=N–C) groups is 1. The van der Waals surface area contributed by atoms with E-state index >= 15 is 0 Å². The number of unbranched alkanes of at least 4 members (excludes halogenated alkanes) is 1. The first-order valence-electron chi connectivity index (χ1n) is 10.3. The average Bonchev–Trinajstić information content (AvgIpc) is 2.64. The van der Waals surface area contributed by atoms with Crippen LogP contribution in [-0.2, 0) is 4.74 Å². The summed E-state index contributed by atoms with van der Waals surface area (Å²) in [5.41, 5.74) is 0. The van der Waals surface area contributed by atoms with Crippen molar-refractivity contribution in [3.63, 3.8) is 0 Å². The number of hydrogen-bond acceptors (Lipinski definition) is 4. The van der Waals surface area contributed by atoms with Crippen molar-refractivity contribution in [2.45, 2.75) is 39.5 Å². The maximum absolute atomic E-state index is 5.39. The average molecular weight is 354 g/mol. The van der Waals surface area contributed by atoms with Gasteiger partial charge in [-0.1, -0.05) is 6.92 Å². The zero-order valence-corrected chi connectivity index (χ0v) is 16.4. The molecule has 0 amide bonds. The lowest BCUT2D eigenvalue weighted by molar-refractivity contribution is 0.0389. The fourth-order valence-electron chi connectivity index (χ4n) is 3.42. The first kappa shape index (κ1) is 20.5. The molecule has 2 aliphatic heterocycles. The fraction of sp³-hybridized carbons (Fsp3) is 0.947. The van der Waals surface area contributed by atoms with E-state index in [9.17, 15) is 0 Å². The van der Waals surface area contributed by atoms with Crippen LogP contribution in [0.2, 0.25) is 0 Å². The summed E-state index contributed by atoms with van der Waals surface area (Å²) in [5, 5.41) is 6.81. The summed E-state index contributed by atoms with van der Waals surface area (Å²) in [5.74, 6) is 1.88. The van der Waals surface area contributed by atoms with E-state index < -0.39 is 0 Å². The molecule has 2 fully saturated rings. The molecular weight excluding hydrogens is 314 g/mol. The molecule has 0 spiro atoms. The monoisotopic (exact) mass is 353 g/mol. The third-order valence-corrected chi connectivity index (χ3v) is 5.20. The lowest BCUT2D eigenvalue weighted by Gasteiger charge is -2.30. The highest BCUT2D eigenvalue weighted by atomic mass is 16.5. The number of rotatable bonds is 9. The SMILES string of the molecule is CCNC(=NCCCCN1CCC(C)CC1)NCCN1CCOCC1. The Morgan fingerprint density at radius 3 is 2.44 bits per heavy atom. The zero-order valence-electron chi connectivity index (χ0n) is 16.4. The molecule has 0 atom stereocenters. The molecule has 2 heterocycles. The maximum Gasteiger partial charge on any atom is 0.191 e. The van der Waals surface area contributed by atoms with Crippen LogP contribution in [0, 0.1) is 5.92 Å². The quantitative estimate of drug-likeness (QED) is 0.373. The third-order valence-electron chi connectivity index (χ3n) is 5.20. The third kappa shape index (κ3) is 8.88. The van der Waals surface area contributed by atoms with Gasteiger partial charge in [-0.15, -0.1) is 0 Å². The Balaban J connectivity index is 1.55. The molecule has 2 aliphatic rings. The minimum absolute atomic E-state index is 0.865. The van der Waals surface area contributed by atoms with Crippen LogP contribution in [0.5, 0.6) is 0 Å². The molecule has 6 heteroatoms. The van der Waals surface area contributed by atoms with Gasteiger partial charge in [0, 0.05) is 39.3 Å². The topological polar surface area (TPSA) is 52.1 Å². The van der Waals surface area contributed by atoms with E-state index in [4.69, 9.17) is 9.73 Å². The predicted octanol–water partition coefficient (Wildman–Crippen LogP) is 1.39. The molecule has 0 aromatic carbocycles. The van der Waals surface area contributed by atoms with Gasteiger partial charge in [0.15, 0.2) is 5.96 Å². The van der Waals surface area contributed by atoms with E-state index in [0.717, 1.165) is 64.4 Å². The minimum atomic E-state index is 0.865. The summed E-state index contributed by atoms with van der Waals surface area (Å²) in [6.45, 7) is 16.0. The zero-order chi connectivity index (χ0) is 17.7. The second kappa shape index (κ2) is 12.5. The second-order valence-electron chi connectivity index (χ2n) is 7.37. The summed E-state index contributed by atoms with van der Waals surface area (Å²) >= 11 is 0. The standard InChI is InChI=1S/C19H39N5O/c1-3-20-19(22-9-13-24-14-16-25-17-15-24)21-8-4-5-10-23-11-6-18(2)7-12-23/h18H,3-17H2,1-2H3,(H2,20,21,22). The van der Waals surface area contributed by atoms with E-state index in [2.05, 4.69) is 34.3 Å². The summed E-state index contributed by atoms with van der Waals surface area (Å²) < 4.78 is 5.39. The van der Waals surface area contributed by atoms with Crippen LogP contribution in [-0.4, -0.2) is 87.9 Å². The molecule has 0 unspecified atom stereocenters. The van der Waals surface area contributed by atoms with Gasteiger partial charge in [0.1, 0.15) is 0 Å². The van der Waals surface area contributed by atoms with Crippen molar-refractivity contribution < 1.29 is 4.74 Å². The van der Waals surface area contributed by atoms with Gasteiger partial charge in [0.05, 0.1) is 13.2 Å². The molecule has 25 heavy (non-hydrogen) atoms. The Labute approximate surface area is 154 Å². The molecule has 0 radical (unpaired) electrons. The molecule has 0 aromatic rings. The summed E-state index contributed by atoms with van der Waals surface area (Å²) in [6, 6.07) is 0. The summed E-state index contributed by atoms with van der Waals surface area (Å²) in [6.07, 6.45) is 5.17. The van der Waals surface area contributed by atoms with Gasteiger partial charge in [0.2, 0.25) is 0 Å². The van der Waals surface area contributed by atoms with Gasteiger partial charge in [-0.2, -0.15) is 0 Å². The molecule has 6 nitrogen and oxygen atoms in total. The van der Waals surface area contributed by atoms with Gasteiger partial charge >= 0.3 is 0 Å². The molecule has 2 rings (SSSR count). The first-order chi connectivity index (χ1) is 12.3. The molecule has 0 aliphatic carbocycles. The van der Waals surface area contributed by atoms with Gasteiger partial charge in [-0.05, 0) is 58.2 Å². The van der Waals surface area contributed by atoms with E-state index in [1.54, 1.807) is 0 Å². The van der Waals surface area contributed by atoms with Crippen LogP contribution in [0.4, 0.5) is 0 Å². The Kier molecular flexibility index (Phi) is 10.2. The Morgan fingerprint density at radius 1 is 1.00 bits per heavy atom. The molecule has 2 saturated heterocycles. The number of likely N-dealkylation sites (tertiary alicyclic amines) is 1. The first-order valence-corrected chi connectivity index (χ1v) is 10.3. The number of guanidine groups is 1. The number of morpholine rings is 1. The van der Waals surface area contributed by atoms with Crippen LogP contribution in [0.25, 0.3) is 0 Å². The molecule has 0 saturated carbocycles. The normalized spacial score (nSPS) is 21.4. The summed E-state index contributed by atoms with van der Waals surface area (Å²) in [4.78, 5) is 9.79. The van der Waals surface area contributed by atoms with Crippen molar-refractivity contribution in [2.24, 2.45) is 10.9 Å². The number of nitrogens with zero attached hydrogens (tertiary/aromatic N) is 3. The van der Waals surface area contributed by atoms with Gasteiger partial charge < -0.3 is 20.3 Å². The second-order valence-corrected chi connectivity index (χ2v) is 7.37. The molecule has 0 bridgehead atoms. The number of piperidine rings is 1. The minimum Gasteiger partial charge on any atom is -0.379 e. The highest BCUT2D eigenvalue weighted by Crippen LogP contribution is 2.16. The Hall–Kier alpha value is -0.850. The fourth-order valence-corrected chi connectivity index (χ4v) is 3.42. The number of ether oxygens (including phenoxy) is 1. The van der Waals surface area contributed by atoms with Gasteiger partial charge in [-0.3, -0.25) is 9.89 Å². The van der Waals surface area contributed by atoms with Crippen molar-refractivity contribution in [1.29, 1.82) is 0 Å². The van der Waals surface area contributed by atoms with Crippen LogP contribution in [0.15, 0.2) is 4.99 Å². The van der Waals surface area contributed by atoms with E-state index in [1.807, 2.05) is 0 Å². The van der Waals surface area contributed by atoms with E-state index in [0.29, 0.717) is 0 Å². The molecule has 2 N–H and O–H groups in total. The van der Waals surface area contributed by atoms with Crippen LogP contribution in [0.3, 0.4) is 0 Å². The molecular formula is C19H39N5O. The van der Waals surface area contributed by atoms with Crippen LogP contribution < -0.4 is 10.6 Å². The van der Waals surface area contributed by atoms with Crippen LogP contribution in [0.1, 0.15) is 39.5 Å². The lowest BCUT2D eigenvalue weighted by Crippen LogP contribution is -2.44.